The van der Waals surface area contributed by atoms with Crippen LogP contribution in [0.1, 0.15) is 43.2 Å². The van der Waals surface area contributed by atoms with Crippen molar-refractivity contribution in [3.63, 3.8) is 0 Å². The maximum atomic E-state index is 6.16. The zero-order chi connectivity index (χ0) is 9.26. The van der Waals surface area contributed by atoms with Gasteiger partial charge in [0.05, 0.1) is 0 Å². The van der Waals surface area contributed by atoms with E-state index in [1.54, 1.807) is 0 Å². The molecule has 0 aromatic heterocycles. The first-order valence-corrected chi connectivity index (χ1v) is 5.47. The van der Waals surface area contributed by atoms with Crippen LogP contribution in [0, 0.1) is 0 Å². The molecule has 0 amide bonds. The number of benzene rings is 1. The summed E-state index contributed by atoms with van der Waals surface area (Å²) in [6.07, 6.45) is 5.13. The van der Waals surface area contributed by atoms with Gasteiger partial charge >= 0.3 is 0 Å². The number of rotatable bonds is 2. The Kier molecular flexibility index (Phi) is 2.59. The van der Waals surface area contributed by atoms with E-state index in [1.807, 2.05) is 6.07 Å². The fourth-order valence-electron chi connectivity index (χ4n) is 1.85. The van der Waals surface area contributed by atoms with Crippen LogP contribution < -0.4 is 0 Å². The van der Waals surface area contributed by atoms with Crippen molar-refractivity contribution in [2.24, 2.45) is 0 Å². The summed E-state index contributed by atoms with van der Waals surface area (Å²) in [5.74, 6) is 0.749. The van der Waals surface area contributed by atoms with Gasteiger partial charge < -0.3 is 0 Å². The lowest BCUT2D eigenvalue weighted by Crippen LogP contribution is -2.09. The summed E-state index contributed by atoms with van der Waals surface area (Å²) in [4.78, 5) is 0. The third kappa shape index (κ3) is 1.73. The predicted molar refractivity (Wildman–Crippen MR) is 57.4 cm³/mol. The van der Waals surface area contributed by atoms with Gasteiger partial charge in [0.2, 0.25) is 0 Å². The minimum absolute atomic E-state index is 0.749. The van der Waals surface area contributed by atoms with Gasteiger partial charge in [-0.1, -0.05) is 37.1 Å². The average molecular weight is 195 g/mol. The van der Waals surface area contributed by atoms with Gasteiger partial charge in [-0.2, -0.15) is 0 Å². The molecule has 0 atom stereocenters. The molecule has 0 N–H and O–H groups in total. The Hall–Kier alpha value is -0.490. The fourth-order valence-corrected chi connectivity index (χ4v) is 2.12. The molecule has 1 fully saturated rings. The van der Waals surface area contributed by atoms with Crippen LogP contribution in [0.4, 0.5) is 0 Å². The van der Waals surface area contributed by atoms with E-state index in [-0.39, 0.29) is 0 Å². The third-order valence-corrected chi connectivity index (χ3v) is 3.36. The van der Waals surface area contributed by atoms with Crippen molar-refractivity contribution in [2.45, 2.75) is 38.5 Å². The molecule has 0 nitrogen and oxygen atoms in total. The molecule has 0 bridgehead atoms. The van der Waals surface area contributed by atoms with Crippen molar-refractivity contribution >= 4 is 11.6 Å². The quantitative estimate of drug-likeness (QED) is 0.663. The van der Waals surface area contributed by atoms with Crippen LogP contribution in [0.2, 0.25) is 5.02 Å². The van der Waals surface area contributed by atoms with Crippen molar-refractivity contribution in [3.8, 4) is 0 Å². The summed E-state index contributed by atoms with van der Waals surface area (Å²) in [7, 11) is 0. The minimum Gasteiger partial charge on any atom is -0.0840 e. The summed E-state index contributed by atoms with van der Waals surface area (Å²) in [5, 5.41) is 0.960. The Labute approximate surface area is 84.9 Å². The first-order valence-electron chi connectivity index (χ1n) is 5.09. The smallest absolute Gasteiger partial charge is 0.0441 e. The molecular formula is C12H15Cl. The van der Waals surface area contributed by atoms with E-state index in [4.69, 9.17) is 11.6 Å². The topological polar surface area (TPSA) is 0 Å². The molecule has 0 heterocycles. The molecule has 1 aliphatic carbocycles. The molecule has 0 spiro atoms. The Bertz CT molecular complexity index is 300. The Morgan fingerprint density at radius 3 is 2.69 bits per heavy atom. The van der Waals surface area contributed by atoms with E-state index in [0.29, 0.717) is 0 Å². The number of hydrogen-bond donors (Lipinski definition) is 0. The van der Waals surface area contributed by atoms with E-state index < -0.39 is 0 Å². The lowest BCUT2D eigenvalue weighted by Gasteiger charge is -2.27. The first-order chi connectivity index (χ1) is 6.31. The fraction of sp³-hybridized carbons (Fsp3) is 0.500. The van der Waals surface area contributed by atoms with Gasteiger partial charge in [-0.3, -0.25) is 0 Å². The maximum Gasteiger partial charge on any atom is 0.0441 e. The molecule has 0 saturated heterocycles. The van der Waals surface area contributed by atoms with Gasteiger partial charge in [0, 0.05) is 5.02 Å². The van der Waals surface area contributed by atoms with E-state index in [1.165, 1.54) is 30.4 Å². The van der Waals surface area contributed by atoms with Crippen LogP contribution in [0.25, 0.3) is 0 Å². The lowest BCUT2D eigenvalue weighted by molar-refractivity contribution is 0.419. The summed E-state index contributed by atoms with van der Waals surface area (Å²) >= 11 is 6.16. The molecule has 13 heavy (non-hydrogen) atoms. The normalized spacial score (nSPS) is 17.1. The van der Waals surface area contributed by atoms with E-state index in [0.717, 1.165) is 17.4 Å². The predicted octanol–water partition coefficient (Wildman–Crippen LogP) is 4.17. The molecule has 0 aliphatic heterocycles. The van der Waals surface area contributed by atoms with Crippen molar-refractivity contribution < 1.29 is 0 Å². The maximum absolute atomic E-state index is 6.16. The highest BCUT2D eigenvalue weighted by Gasteiger charge is 2.21. The van der Waals surface area contributed by atoms with Crippen LogP contribution in [0.5, 0.6) is 0 Å². The zero-order valence-electron chi connectivity index (χ0n) is 8.02. The SMILES string of the molecule is CCc1ccc(Cl)c(C2CCC2)c1. The zero-order valence-corrected chi connectivity index (χ0v) is 8.77. The number of aryl methyl sites for hydroxylation is 1. The van der Waals surface area contributed by atoms with Crippen LogP contribution in [0.15, 0.2) is 18.2 Å². The molecule has 70 valence electrons. The molecule has 0 radical (unpaired) electrons. The van der Waals surface area contributed by atoms with Gasteiger partial charge in [0.25, 0.3) is 0 Å². The summed E-state index contributed by atoms with van der Waals surface area (Å²) in [6.45, 7) is 2.19. The van der Waals surface area contributed by atoms with Gasteiger partial charge in [-0.15, -0.1) is 0 Å². The minimum atomic E-state index is 0.749. The van der Waals surface area contributed by atoms with E-state index >= 15 is 0 Å². The monoisotopic (exact) mass is 194 g/mol. The van der Waals surface area contributed by atoms with Crippen LogP contribution in [-0.4, -0.2) is 0 Å². The molecule has 0 unspecified atom stereocenters. The van der Waals surface area contributed by atoms with Crippen molar-refractivity contribution in [1.82, 2.24) is 0 Å². The van der Waals surface area contributed by atoms with Crippen LogP contribution >= 0.6 is 11.6 Å². The average Bonchev–Trinajstić information content (AvgIpc) is 2.06. The highest BCUT2D eigenvalue weighted by molar-refractivity contribution is 6.31. The molecule has 1 aromatic carbocycles. The molecule has 1 saturated carbocycles. The number of hydrogen-bond acceptors (Lipinski definition) is 0. The Balaban J connectivity index is 2.30. The summed E-state index contributed by atoms with van der Waals surface area (Å²) < 4.78 is 0. The Morgan fingerprint density at radius 1 is 1.38 bits per heavy atom. The lowest BCUT2D eigenvalue weighted by atomic mass is 9.79. The molecule has 1 aliphatic rings. The second kappa shape index (κ2) is 3.71. The van der Waals surface area contributed by atoms with Crippen molar-refractivity contribution in [3.05, 3.63) is 34.3 Å². The van der Waals surface area contributed by atoms with Crippen molar-refractivity contribution in [2.75, 3.05) is 0 Å². The largest absolute Gasteiger partial charge is 0.0840 e. The van der Waals surface area contributed by atoms with E-state index in [9.17, 15) is 0 Å². The standard InChI is InChI=1S/C12H15Cl/c1-2-9-6-7-12(13)11(8-9)10-4-3-5-10/h6-8,10H,2-5H2,1H3. The van der Waals surface area contributed by atoms with Gasteiger partial charge in [-0.05, 0) is 42.4 Å². The van der Waals surface area contributed by atoms with Gasteiger partial charge in [0.1, 0.15) is 0 Å². The molecular weight excluding hydrogens is 180 g/mol. The van der Waals surface area contributed by atoms with E-state index in [2.05, 4.69) is 19.1 Å². The first kappa shape index (κ1) is 9.08. The van der Waals surface area contributed by atoms with Gasteiger partial charge in [0.15, 0.2) is 0 Å². The Morgan fingerprint density at radius 2 is 2.15 bits per heavy atom. The summed E-state index contributed by atoms with van der Waals surface area (Å²) in [5.41, 5.74) is 2.79. The second-order valence-corrected chi connectivity index (χ2v) is 4.24. The highest BCUT2D eigenvalue weighted by Crippen LogP contribution is 2.39. The molecule has 1 aromatic rings. The number of halogens is 1. The van der Waals surface area contributed by atoms with Gasteiger partial charge in [-0.25, -0.2) is 0 Å². The molecule has 1 heteroatoms. The molecule has 2 rings (SSSR count). The third-order valence-electron chi connectivity index (χ3n) is 3.01. The second-order valence-electron chi connectivity index (χ2n) is 3.84. The summed E-state index contributed by atoms with van der Waals surface area (Å²) in [6, 6.07) is 6.46. The van der Waals surface area contributed by atoms with Crippen LogP contribution in [-0.2, 0) is 6.42 Å². The van der Waals surface area contributed by atoms with Crippen LogP contribution in [0.3, 0.4) is 0 Å². The highest BCUT2D eigenvalue weighted by atomic mass is 35.5. The van der Waals surface area contributed by atoms with Crippen molar-refractivity contribution in [1.29, 1.82) is 0 Å².